The molecule has 0 saturated carbocycles. The van der Waals surface area contributed by atoms with E-state index in [1.165, 1.54) is 0 Å². The van der Waals surface area contributed by atoms with Gasteiger partial charge in [-0.15, -0.1) is 0 Å². The van der Waals surface area contributed by atoms with Crippen molar-refractivity contribution in [2.75, 3.05) is 13.7 Å². The first-order chi connectivity index (χ1) is 12.2. The zero-order valence-electron chi connectivity index (χ0n) is 16.4. The Balaban J connectivity index is 2.28. The number of carbonyl (C=O) groups is 1. The molecule has 0 atom stereocenters. The molecule has 4 heteroatoms. The second-order valence-electron chi connectivity index (χ2n) is 7.90. The van der Waals surface area contributed by atoms with E-state index < -0.39 is 0 Å². The summed E-state index contributed by atoms with van der Waals surface area (Å²) in [4.78, 5) is 14.9. The van der Waals surface area contributed by atoms with Crippen LogP contribution in [0.1, 0.15) is 48.7 Å². The summed E-state index contributed by atoms with van der Waals surface area (Å²) in [7, 11) is 1.57. The number of hydrogen-bond donors (Lipinski definition) is 1. The monoisotopic (exact) mass is 355 g/mol. The summed E-state index contributed by atoms with van der Waals surface area (Å²) in [6.07, 6.45) is 0.894. The summed E-state index contributed by atoms with van der Waals surface area (Å²) >= 11 is 0. The van der Waals surface area contributed by atoms with Gasteiger partial charge in [0, 0.05) is 30.3 Å². The van der Waals surface area contributed by atoms with E-state index in [-0.39, 0.29) is 17.1 Å². The molecule has 0 heterocycles. The summed E-state index contributed by atoms with van der Waals surface area (Å²) in [5, 5.41) is 9.67. The molecule has 0 bridgehead atoms. The van der Waals surface area contributed by atoms with Gasteiger partial charge in [0.05, 0.1) is 7.11 Å². The minimum absolute atomic E-state index is 0.00405. The fourth-order valence-corrected chi connectivity index (χ4v) is 2.67. The maximum atomic E-state index is 13.1. The molecule has 0 aliphatic heterocycles. The summed E-state index contributed by atoms with van der Waals surface area (Å²) in [5.74, 6) is 0.739. The van der Waals surface area contributed by atoms with E-state index in [9.17, 15) is 9.90 Å². The van der Waals surface area contributed by atoms with Crippen LogP contribution in [0.3, 0.4) is 0 Å². The molecule has 2 aromatic rings. The van der Waals surface area contributed by atoms with Gasteiger partial charge < -0.3 is 14.7 Å². The first kappa shape index (κ1) is 19.8. The number of amides is 1. The number of aromatic hydroxyl groups is 1. The number of phenolic OH excluding ortho intramolecular Hbond substituents is 1. The summed E-state index contributed by atoms with van der Waals surface area (Å²) in [6.45, 7) is 9.60. The van der Waals surface area contributed by atoms with E-state index in [0.717, 1.165) is 17.5 Å². The number of ether oxygens (including phenoxy) is 1. The van der Waals surface area contributed by atoms with Crippen LogP contribution in [0.5, 0.6) is 11.5 Å². The number of benzene rings is 2. The second kappa shape index (κ2) is 8.26. The molecule has 0 saturated heterocycles. The van der Waals surface area contributed by atoms with E-state index in [4.69, 9.17) is 4.74 Å². The predicted molar refractivity (Wildman–Crippen MR) is 105 cm³/mol. The minimum Gasteiger partial charge on any atom is -0.508 e. The van der Waals surface area contributed by atoms with Gasteiger partial charge in [-0.25, -0.2) is 0 Å². The van der Waals surface area contributed by atoms with E-state index in [1.54, 1.807) is 25.3 Å². The molecule has 0 aromatic heterocycles. The number of phenols is 1. The van der Waals surface area contributed by atoms with Crippen LogP contribution in [-0.2, 0) is 6.54 Å². The zero-order chi connectivity index (χ0) is 19.3. The first-order valence-corrected chi connectivity index (χ1v) is 8.91. The Morgan fingerprint density at radius 1 is 1.12 bits per heavy atom. The molecule has 1 amide bonds. The molecule has 4 nitrogen and oxygen atoms in total. The summed E-state index contributed by atoms with van der Waals surface area (Å²) in [6, 6.07) is 12.7. The van der Waals surface area contributed by atoms with Gasteiger partial charge in [0.2, 0.25) is 0 Å². The Kier molecular flexibility index (Phi) is 6.30. The van der Waals surface area contributed by atoms with Gasteiger partial charge in [-0.2, -0.15) is 0 Å². The van der Waals surface area contributed by atoms with E-state index in [1.807, 2.05) is 36.1 Å². The lowest BCUT2D eigenvalue weighted by molar-refractivity contribution is 0.0723. The fourth-order valence-electron chi connectivity index (χ4n) is 2.67. The third kappa shape index (κ3) is 5.51. The average Bonchev–Trinajstić information content (AvgIpc) is 2.58. The highest BCUT2D eigenvalue weighted by atomic mass is 16.5. The topological polar surface area (TPSA) is 49.8 Å². The Morgan fingerprint density at radius 3 is 2.35 bits per heavy atom. The molecule has 0 radical (unpaired) electrons. The van der Waals surface area contributed by atoms with Gasteiger partial charge in [0.1, 0.15) is 11.5 Å². The van der Waals surface area contributed by atoms with Crippen LogP contribution in [0.25, 0.3) is 0 Å². The van der Waals surface area contributed by atoms with Crippen molar-refractivity contribution in [3.8, 4) is 11.5 Å². The zero-order valence-corrected chi connectivity index (χ0v) is 16.4. The largest absolute Gasteiger partial charge is 0.508 e. The van der Waals surface area contributed by atoms with Crippen molar-refractivity contribution in [3.05, 3.63) is 59.2 Å². The lowest BCUT2D eigenvalue weighted by Crippen LogP contribution is -2.33. The summed E-state index contributed by atoms with van der Waals surface area (Å²) < 4.78 is 5.38. The van der Waals surface area contributed by atoms with Gasteiger partial charge >= 0.3 is 0 Å². The van der Waals surface area contributed by atoms with Gasteiger partial charge in [-0.05, 0) is 43.0 Å². The molecule has 0 aliphatic carbocycles. The maximum absolute atomic E-state index is 13.1. The number of aryl methyl sites for hydroxylation is 1. The predicted octanol–water partition coefficient (Wildman–Crippen LogP) is 4.79. The van der Waals surface area contributed by atoms with E-state index in [0.29, 0.717) is 24.4 Å². The van der Waals surface area contributed by atoms with Crippen LogP contribution in [0.2, 0.25) is 0 Å². The lowest BCUT2D eigenvalue weighted by Gasteiger charge is -2.28. The van der Waals surface area contributed by atoms with Crippen molar-refractivity contribution in [2.45, 2.75) is 40.7 Å². The van der Waals surface area contributed by atoms with E-state index in [2.05, 4.69) is 20.8 Å². The van der Waals surface area contributed by atoms with Crippen LogP contribution in [-0.4, -0.2) is 29.6 Å². The van der Waals surface area contributed by atoms with Crippen LogP contribution in [0, 0.1) is 12.3 Å². The fraction of sp³-hybridized carbons (Fsp3) is 0.409. The van der Waals surface area contributed by atoms with Gasteiger partial charge in [-0.1, -0.05) is 38.5 Å². The van der Waals surface area contributed by atoms with Crippen molar-refractivity contribution in [1.29, 1.82) is 0 Å². The van der Waals surface area contributed by atoms with Crippen molar-refractivity contribution < 1.29 is 14.6 Å². The van der Waals surface area contributed by atoms with Crippen LogP contribution >= 0.6 is 0 Å². The highest BCUT2D eigenvalue weighted by Gasteiger charge is 2.21. The van der Waals surface area contributed by atoms with Crippen molar-refractivity contribution in [2.24, 2.45) is 5.41 Å². The lowest BCUT2D eigenvalue weighted by atomic mass is 9.92. The average molecular weight is 355 g/mol. The molecular formula is C22H29NO3. The highest BCUT2D eigenvalue weighted by molar-refractivity contribution is 5.94. The number of carbonyl (C=O) groups excluding carboxylic acids is 1. The van der Waals surface area contributed by atoms with Crippen molar-refractivity contribution in [1.82, 2.24) is 4.90 Å². The van der Waals surface area contributed by atoms with Crippen LogP contribution < -0.4 is 4.74 Å². The quantitative estimate of drug-likeness (QED) is 0.811. The van der Waals surface area contributed by atoms with Crippen molar-refractivity contribution in [3.63, 3.8) is 0 Å². The molecular weight excluding hydrogens is 326 g/mol. The maximum Gasteiger partial charge on any atom is 0.254 e. The molecule has 1 N–H and O–H groups in total. The normalized spacial score (nSPS) is 11.3. The third-order valence-corrected chi connectivity index (χ3v) is 4.35. The molecule has 2 aromatic carbocycles. The van der Waals surface area contributed by atoms with Crippen LogP contribution in [0.4, 0.5) is 0 Å². The number of rotatable bonds is 6. The SMILES string of the molecule is COc1cc(O)ccc1CN(CCC(C)(C)C)C(=O)c1ccc(C)cc1. The Morgan fingerprint density at radius 2 is 1.77 bits per heavy atom. The number of nitrogens with zero attached hydrogens (tertiary/aromatic N) is 1. The highest BCUT2D eigenvalue weighted by Crippen LogP contribution is 2.27. The number of methoxy groups -OCH3 is 1. The Hall–Kier alpha value is -2.49. The molecule has 0 unspecified atom stereocenters. The molecule has 0 fully saturated rings. The van der Waals surface area contributed by atoms with Gasteiger partial charge in [-0.3, -0.25) is 4.79 Å². The minimum atomic E-state index is 0.00405. The molecule has 0 aliphatic rings. The number of hydrogen-bond acceptors (Lipinski definition) is 3. The van der Waals surface area contributed by atoms with Crippen LogP contribution in [0.15, 0.2) is 42.5 Å². The Bertz CT molecular complexity index is 745. The van der Waals surface area contributed by atoms with Gasteiger partial charge in [0.15, 0.2) is 0 Å². The summed E-state index contributed by atoms with van der Waals surface area (Å²) in [5.41, 5.74) is 2.81. The first-order valence-electron chi connectivity index (χ1n) is 8.91. The smallest absolute Gasteiger partial charge is 0.254 e. The van der Waals surface area contributed by atoms with Crippen molar-refractivity contribution >= 4 is 5.91 Å². The molecule has 140 valence electrons. The molecule has 0 spiro atoms. The molecule has 2 rings (SSSR count). The molecule has 26 heavy (non-hydrogen) atoms. The third-order valence-electron chi connectivity index (χ3n) is 4.35. The Labute approximate surface area is 156 Å². The van der Waals surface area contributed by atoms with Gasteiger partial charge in [0.25, 0.3) is 5.91 Å². The second-order valence-corrected chi connectivity index (χ2v) is 7.90. The van der Waals surface area contributed by atoms with E-state index >= 15 is 0 Å². The standard InChI is InChI=1S/C22H29NO3/c1-16-6-8-17(9-7-16)21(25)23(13-12-22(2,3)4)15-18-10-11-19(24)14-20(18)26-5/h6-11,14,24H,12-13,15H2,1-5H3.